The average molecular weight is 235 g/mol. The number of halogens is 1. The molecule has 0 aliphatic heterocycles. The van der Waals surface area contributed by atoms with Gasteiger partial charge in [-0.25, -0.2) is 4.39 Å². The van der Waals surface area contributed by atoms with E-state index >= 15 is 0 Å². The summed E-state index contributed by atoms with van der Waals surface area (Å²) < 4.78 is 13.0. The van der Waals surface area contributed by atoms with Crippen molar-refractivity contribution < 1.29 is 4.39 Å². The zero-order chi connectivity index (χ0) is 12.1. The van der Waals surface area contributed by atoms with Crippen molar-refractivity contribution >= 4 is 0 Å². The third-order valence-electron chi connectivity index (χ3n) is 3.82. The van der Waals surface area contributed by atoms with Crippen LogP contribution in [0.4, 0.5) is 4.39 Å². The molecule has 1 N–H and O–H groups in total. The maximum atomic E-state index is 13.0. The van der Waals surface area contributed by atoms with Crippen LogP contribution in [-0.2, 0) is 6.54 Å². The maximum absolute atomic E-state index is 13.0. The molecule has 17 heavy (non-hydrogen) atoms. The topological polar surface area (TPSA) is 12.0 Å². The Hall–Kier alpha value is -0.890. The van der Waals surface area contributed by atoms with Gasteiger partial charge in [-0.15, -0.1) is 0 Å². The Labute approximate surface area is 103 Å². The molecule has 1 saturated carbocycles. The number of benzene rings is 1. The smallest absolute Gasteiger partial charge is 0.123 e. The van der Waals surface area contributed by atoms with Crippen molar-refractivity contribution in [2.45, 2.75) is 51.6 Å². The summed E-state index contributed by atoms with van der Waals surface area (Å²) >= 11 is 0. The van der Waals surface area contributed by atoms with Gasteiger partial charge >= 0.3 is 0 Å². The van der Waals surface area contributed by atoms with Crippen molar-refractivity contribution in [3.05, 3.63) is 35.6 Å². The molecule has 1 nitrogen and oxygen atoms in total. The SMILES string of the molecule is CC1CCCCCC1NCc1cccc(F)c1. The standard InChI is InChI=1S/C15H22FN/c1-12-6-3-2-4-9-15(12)17-11-13-7-5-8-14(16)10-13/h5,7-8,10,12,15,17H,2-4,6,9,11H2,1H3. The molecular formula is C15H22FN. The first-order chi connectivity index (χ1) is 8.25. The molecule has 2 heteroatoms. The molecule has 2 atom stereocenters. The summed E-state index contributed by atoms with van der Waals surface area (Å²) in [7, 11) is 0. The first-order valence-corrected chi connectivity index (χ1v) is 6.73. The summed E-state index contributed by atoms with van der Waals surface area (Å²) in [4.78, 5) is 0. The highest BCUT2D eigenvalue weighted by Crippen LogP contribution is 2.23. The quantitative estimate of drug-likeness (QED) is 0.784. The van der Waals surface area contributed by atoms with Crippen molar-refractivity contribution in [2.75, 3.05) is 0 Å². The lowest BCUT2D eigenvalue weighted by Crippen LogP contribution is -2.33. The first-order valence-electron chi connectivity index (χ1n) is 6.73. The molecule has 0 saturated heterocycles. The number of hydrogen-bond acceptors (Lipinski definition) is 1. The van der Waals surface area contributed by atoms with Gasteiger partial charge in [-0.1, -0.05) is 38.3 Å². The summed E-state index contributed by atoms with van der Waals surface area (Å²) in [6, 6.07) is 7.48. The molecule has 0 radical (unpaired) electrons. The van der Waals surface area contributed by atoms with Crippen LogP contribution in [-0.4, -0.2) is 6.04 Å². The third kappa shape index (κ3) is 3.81. The minimum atomic E-state index is -0.141. The summed E-state index contributed by atoms with van der Waals surface area (Å²) in [6.45, 7) is 3.11. The van der Waals surface area contributed by atoms with E-state index in [-0.39, 0.29) is 5.82 Å². The van der Waals surface area contributed by atoms with Gasteiger partial charge in [0.05, 0.1) is 0 Å². The first kappa shape index (κ1) is 12.6. The van der Waals surface area contributed by atoms with Gasteiger partial charge in [0.25, 0.3) is 0 Å². The van der Waals surface area contributed by atoms with Crippen molar-refractivity contribution in [2.24, 2.45) is 5.92 Å². The highest BCUT2D eigenvalue weighted by atomic mass is 19.1. The molecule has 1 fully saturated rings. The number of rotatable bonds is 3. The Morgan fingerprint density at radius 2 is 2.06 bits per heavy atom. The fourth-order valence-electron chi connectivity index (χ4n) is 2.69. The van der Waals surface area contributed by atoms with Gasteiger partial charge in [0.2, 0.25) is 0 Å². The summed E-state index contributed by atoms with van der Waals surface area (Å²) in [5, 5.41) is 3.59. The van der Waals surface area contributed by atoms with E-state index in [0.29, 0.717) is 6.04 Å². The lowest BCUT2D eigenvalue weighted by Gasteiger charge is -2.23. The van der Waals surface area contributed by atoms with Gasteiger partial charge < -0.3 is 5.32 Å². The highest BCUT2D eigenvalue weighted by molar-refractivity contribution is 5.16. The maximum Gasteiger partial charge on any atom is 0.123 e. The summed E-state index contributed by atoms with van der Waals surface area (Å²) in [6.07, 6.45) is 6.63. The molecule has 0 heterocycles. The Kier molecular flexibility index (Phi) is 4.55. The Bertz CT molecular complexity index is 351. The highest BCUT2D eigenvalue weighted by Gasteiger charge is 2.18. The van der Waals surface area contributed by atoms with Crippen LogP contribution in [0.3, 0.4) is 0 Å². The zero-order valence-electron chi connectivity index (χ0n) is 10.6. The molecular weight excluding hydrogens is 213 g/mol. The fraction of sp³-hybridized carbons (Fsp3) is 0.600. The van der Waals surface area contributed by atoms with Gasteiger partial charge in [0.15, 0.2) is 0 Å². The van der Waals surface area contributed by atoms with Gasteiger partial charge in [0, 0.05) is 12.6 Å². The fourth-order valence-corrected chi connectivity index (χ4v) is 2.69. The van der Waals surface area contributed by atoms with Crippen molar-refractivity contribution in [3.63, 3.8) is 0 Å². The van der Waals surface area contributed by atoms with Crippen molar-refractivity contribution in [3.8, 4) is 0 Å². The molecule has 0 aromatic heterocycles. The molecule has 0 bridgehead atoms. The molecule has 1 aliphatic rings. The van der Waals surface area contributed by atoms with Crippen molar-refractivity contribution in [1.29, 1.82) is 0 Å². The van der Waals surface area contributed by atoms with Gasteiger partial charge in [-0.3, -0.25) is 0 Å². The van der Waals surface area contributed by atoms with Crippen LogP contribution in [0.2, 0.25) is 0 Å². The second-order valence-electron chi connectivity index (χ2n) is 5.23. The van der Waals surface area contributed by atoms with Crippen LogP contribution in [0.15, 0.2) is 24.3 Å². The third-order valence-corrected chi connectivity index (χ3v) is 3.82. The minimum Gasteiger partial charge on any atom is -0.310 e. The van der Waals surface area contributed by atoms with E-state index in [1.165, 1.54) is 38.2 Å². The van der Waals surface area contributed by atoms with Crippen LogP contribution in [0, 0.1) is 11.7 Å². The molecule has 1 aromatic carbocycles. The van der Waals surface area contributed by atoms with E-state index in [9.17, 15) is 4.39 Å². The minimum absolute atomic E-state index is 0.141. The summed E-state index contributed by atoms with van der Waals surface area (Å²) in [5.41, 5.74) is 1.04. The molecule has 0 spiro atoms. The zero-order valence-corrected chi connectivity index (χ0v) is 10.6. The molecule has 1 aromatic rings. The van der Waals surface area contributed by atoms with E-state index in [2.05, 4.69) is 12.2 Å². The molecule has 0 amide bonds. The number of nitrogens with one attached hydrogen (secondary N) is 1. The molecule has 2 rings (SSSR count). The van der Waals surface area contributed by atoms with E-state index in [1.54, 1.807) is 12.1 Å². The molecule has 2 unspecified atom stereocenters. The van der Waals surface area contributed by atoms with Crippen LogP contribution >= 0.6 is 0 Å². The van der Waals surface area contributed by atoms with Crippen LogP contribution in [0.25, 0.3) is 0 Å². The lowest BCUT2D eigenvalue weighted by molar-refractivity contribution is 0.356. The van der Waals surface area contributed by atoms with Crippen molar-refractivity contribution in [1.82, 2.24) is 5.32 Å². The summed E-state index contributed by atoms with van der Waals surface area (Å²) in [5.74, 6) is 0.601. The van der Waals surface area contributed by atoms with Crippen LogP contribution in [0.1, 0.15) is 44.6 Å². The van der Waals surface area contributed by atoms with Gasteiger partial charge in [0.1, 0.15) is 5.82 Å². The Balaban J connectivity index is 1.88. The monoisotopic (exact) mass is 235 g/mol. The molecule has 1 aliphatic carbocycles. The average Bonchev–Trinajstić information content (AvgIpc) is 2.52. The van der Waals surface area contributed by atoms with Crippen LogP contribution < -0.4 is 5.32 Å². The number of hydrogen-bond donors (Lipinski definition) is 1. The van der Waals surface area contributed by atoms with Gasteiger partial charge in [-0.05, 0) is 36.5 Å². The van der Waals surface area contributed by atoms with E-state index in [1.807, 2.05) is 6.07 Å². The predicted octanol–water partition coefficient (Wildman–Crippen LogP) is 3.88. The van der Waals surface area contributed by atoms with E-state index in [0.717, 1.165) is 18.0 Å². The normalized spacial score (nSPS) is 25.5. The predicted molar refractivity (Wildman–Crippen MR) is 69.3 cm³/mol. The second-order valence-corrected chi connectivity index (χ2v) is 5.23. The van der Waals surface area contributed by atoms with E-state index in [4.69, 9.17) is 0 Å². The Morgan fingerprint density at radius 3 is 2.88 bits per heavy atom. The largest absolute Gasteiger partial charge is 0.310 e. The van der Waals surface area contributed by atoms with E-state index < -0.39 is 0 Å². The second kappa shape index (κ2) is 6.15. The molecule has 94 valence electrons. The van der Waals surface area contributed by atoms with Crippen LogP contribution in [0.5, 0.6) is 0 Å². The lowest BCUT2D eigenvalue weighted by atomic mass is 9.97. The Morgan fingerprint density at radius 1 is 1.24 bits per heavy atom. The van der Waals surface area contributed by atoms with Gasteiger partial charge in [-0.2, -0.15) is 0 Å².